The molecule has 2 heterocycles. The van der Waals surface area contributed by atoms with Crippen LogP contribution < -0.4 is 4.90 Å². The van der Waals surface area contributed by atoms with E-state index in [1.54, 1.807) is 18.3 Å². The highest BCUT2D eigenvalue weighted by molar-refractivity contribution is 7.19. The zero-order valence-electron chi connectivity index (χ0n) is 12.5. The lowest BCUT2D eigenvalue weighted by molar-refractivity contribution is 0.100. The molecule has 2 aliphatic carbocycles. The van der Waals surface area contributed by atoms with Gasteiger partial charge in [-0.2, -0.15) is 0 Å². The number of fused-ring (bicyclic) bond motifs is 3. The number of hydrogen-bond donors (Lipinski definition) is 0. The van der Waals surface area contributed by atoms with E-state index in [0.29, 0.717) is 11.9 Å². The maximum Gasteiger partial charge on any atom is 0.199 e. The van der Waals surface area contributed by atoms with Crippen LogP contribution in [-0.4, -0.2) is 28.8 Å². The number of nitrogens with zero attached hydrogens (tertiary/aromatic N) is 3. The van der Waals surface area contributed by atoms with Crippen LogP contribution in [0, 0.1) is 0 Å². The number of hydrogen-bond acceptors (Lipinski definition) is 5. The summed E-state index contributed by atoms with van der Waals surface area (Å²) in [7, 11) is 2.11. The molecule has 21 heavy (non-hydrogen) atoms. The van der Waals surface area contributed by atoms with Crippen LogP contribution in [0.1, 0.15) is 53.7 Å². The van der Waals surface area contributed by atoms with Crippen molar-refractivity contribution in [1.29, 1.82) is 0 Å². The fraction of sp³-hybridized carbons (Fsp3) is 0.562. The van der Waals surface area contributed by atoms with E-state index >= 15 is 0 Å². The number of ketones is 1. The molecule has 0 radical (unpaired) electrons. The lowest BCUT2D eigenvalue weighted by Crippen LogP contribution is -2.22. The Kier molecular flexibility index (Phi) is 2.99. The van der Waals surface area contributed by atoms with Gasteiger partial charge in [-0.15, -0.1) is 11.3 Å². The monoisotopic (exact) mass is 301 g/mol. The SMILES string of the molecule is CC(=O)c1nc(N(C)C2CC2)c2c3c(sc2n1)CCCC3. The summed E-state index contributed by atoms with van der Waals surface area (Å²) in [6.07, 6.45) is 7.25. The van der Waals surface area contributed by atoms with Crippen LogP contribution in [0.15, 0.2) is 0 Å². The molecule has 2 aliphatic rings. The third kappa shape index (κ3) is 2.14. The van der Waals surface area contributed by atoms with Gasteiger partial charge in [0.2, 0.25) is 0 Å². The van der Waals surface area contributed by atoms with Crippen LogP contribution in [0.2, 0.25) is 0 Å². The number of aromatic nitrogens is 2. The Morgan fingerprint density at radius 1 is 1.24 bits per heavy atom. The molecule has 0 bridgehead atoms. The van der Waals surface area contributed by atoms with Gasteiger partial charge in [-0.1, -0.05) is 0 Å². The Bertz CT molecular complexity index is 733. The quantitative estimate of drug-likeness (QED) is 0.815. The molecule has 110 valence electrons. The van der Waals surface area contributed by atoms with Crippen molar-refractivity contribution in [2.45, 2.75) is 51.5 Å². The second kappa shape index (κ2) is 4.77. The third-order valence-electron chi connectivity index (χ3n) is 4.54. The number of aryl methyl sites for hydroxylation is 2. The van der Waals surface area contributed by atoms with Gasteiger partial charge in [0.15, 0.2) is 11.6 Å². The van der Waals surface area contributed by atoms with Gasteiger partial charge in [0.05, 0.1) is 5.39 Å². The Hall–Kier alpha value is -1.49. The summed E-state index contributed by atoms with van der Waals surface area (Å²) < 4.78 is 0. The minimum absolute atomic E-state index is 0.0475. The fourth-order valence-corrected chi connectivity index (χ4v) is 4.44. The minimum atomic E-state index is -0.0475. The summed E-state index contributed by atoms with van der Waals surface area (Å²) >= 11 is 1.76. The van der Waals surface area contributed by atoms with Crippen LogP contribution in [0.5, 0.6) is 0 Å². The summed E-state index contributed by atoms with van der Waals surface area (Å²) in [5.41, 5.74) is 1.44. The lowest BCUT2D eigenvalue weighted by atomic mass is 9.97. The number of carbonyl (C=O) groups excluding carboxylic acids is 1. The van der Waals surface area contributed by atoms with Crippen molar-refractivity contribution in [3.63, 3.8) is 0 Å². The molecule has 0 aliphatic heterocycles. The summed E-state index contributed by atoms with van der Waals surface area (Å²) in [6.45, 7) is 1.55. The highest BCUT2D eigenvalue weighted by Crippen LogP contribution is 2.41. The largest absolute Gasteiger partial charge is 0.356 e. The van der Waals surface area contributed by atoms with Gasteiger partial charge in [0.25, 0.3) is 0 Å². The normalized spacial score (nSPS) is 17.8. The summed E-state index contributed by atoms with van der Waals surface area (Å²) in [6, 6.07) is 0.585. The average Bonchev–Trinajstić information content (AvgIpc) is 3.25. The smallest absolute Gasteiger partial charge is 0.199 e. The molecule has 4 nitrogen and oxygen atoms in total. The predicted octanol–water partition coefficient (Wildman–Crippen LogP) is 3.37. The molecule has 4 rings (SSSR count). The molecule has 2 aromatic rings. The molecule has 0 saturated heterocycles. The molecule has 0 N–H and O–H groups in total. The Morgan fingerprint density at radius 3 is 2.71 bits per heavy atom. The number of thiophene rings is 1. The van der Waals surface area contributed by atoms with Crippen molar-refractivity contribution in [3.05, 3.63) is 16.3 Å². The molecule has 0 aromatic carbocycles. The minimum Gasteiger partial charge on any atom is -0.356 e. The summed E-state index contributed by atoms with van der Waals surface area (Å²) in [5.74, 6) is 1.30. The van der Waals surface area contributed by atoms with E-state index in [1.165, 1.54) is 41.5 Å². The van der Waals surface area contributed by atoms with Crippen LogP contribution in [-0.2, 0) is 12.8 Å². The zero-order valence-corrected chi connectivity index (χ0v) is 13.3. The predicted molar refractivity (Wildman–Crippen MR) is 85.5 cm³/mol. The number of Topliss-reactive ketones (excluding diaryl/α,β-unsaturated/α-hetero) is 1. The first-order valence-corrected chi connectivity index (χ1v) is 8.53. The van der Waals surface area contributed by atoms with E-state index in [9.17, 15) is 4.79 Å². The van der Waals surface area contributed by atoms with Crippen LogP contribution in [0.4, 0.5) is 5.82 Å². The second-order valence-corrected chi connectivity index (χ2v) is 7.24. The highest BCUT2D eigenvalue weighted by Gasteiger charge is 2.31. The lowest BCUT2D eigenvalue weighted by Gasteiger charge is -2.20. The van der Waals surface area contributed by atoms with Crippen molar-refractivity contribution >= 4 is 33.2 Å². The first kappa shape index (κ1) is 13.2. The van der Waals surface area contributed by atoms with Gasteiger partial charge in [-0.05, 0) is 44.1 Å². The first-order valence-electron chi connectivity index (χ1n) is 7.71. The van der Waals surface area contributed by atoms with Crippen molar-refractivity contribution in [2.75, 3.05) is 11.9 Å². The molecule has 1 fully saturated rings. The van der Waals surface area contributed by atoms with E-state index in [-0.39, 0.29) is 5.78 Å². The molecule has 2 aromatic heterocycles. The number of anilines is 1. The maximum absolute atomic E-state index is 11.8. The molecule has 0 amide bonds. The molecular formula is C16H19N3OS. The third-order valence-corrected chi connectivity index (χ3v) is 5.72. The Labute approximate surface area is 128 Å². The van der Waals surface area contributed by atoms with Crippen LogP contribution in [0.25, 0.3) is 10.2 Å². The summed E-state index contributed by atoms with van der Waals surface area (Å²) in [4.78, 5) is 25.6. The van der Waals surface area contributed by atoms with Crippen molar-refractivity contribution in [2.24, 2.45) is 0 Å². The van der Waals surface area contributed by atoms with Gasteiger partial charge in [-0.3, -0.25) is 4.79 Å². The zero-order chi connectivity index (χ0) is 14.6. The Balaban J connectivity index is 1.97. The topological polar surface area (TPSA) is 46.1 Å². The number of carbonyl (C=O) groups is 1. The molecule has 0 unspecified atom stereocenters. The van der Waals surface area contributed by atoms with E-state index in [1.807, 2.05) is 0 Å². The average molecular weight is 301 g/mol. The van der Waals surface area contributed by atoms with E-state index in [4.69, 9.17) is 0 Å². The second-order valence-electron chi connectivity index (χ2n) is 6.16. The molecular weight excluding hydrogens is 282 g/mol. The summed E-state index contributed by atoms with van der Waals surface area (Å²) in [5, 5.41) is 1.22. The maximum atomic E-state index is 11.8. The highest BCUT2D eigenvalue weighted by atomic mass is 32.1. The van der Waals surface area contributed by atoms with Gasteiger partial charge >= 0.3 is 0 Å². The molecule has 1 saturated carbocycles. The van der Waals surface area contributed by atoms with Gasteiger partial charge in [0, 0.05) is 24.9 Å². The number of rotatable bonds is 3. The Morgan fingerprint density at radius 2 is 2.00 bits per heavy atom. The molecule has 0 spiro atoms. The fourth-order valence-electron chi connectivity index (χ4n) is 3.19. The van der Waals surface area contributed by atoms with Crippen LogP contribution in [0.3, 0.4) is 0 Å². The van der Waals surface area contributed by atoms with Crippen molar-refractivity contribution in [1.82, 2.24) is 9.97 Å². The van der Waals surface area contributed by atoms with Crippen LogP contribution >= 0.6 is 11.3 Å². The standard InChI is InChI=1S/C16H19N3OS/c1-9(20)14-17-15(19(2)10-7-8-10)13-11-5-3-4-6-12(11)21-16(13)18-14/h10H,3-8H2,1-2H3. The molecule has 0 atom stereocenters. The van der Waals surface area contributed by atoms with Gasteiger partial charge < -0.3 is 4.90 Å². The van der Waals surface area contributed by atoms with E-state index < -0.39 is 0 Å². The van der Waals surface area contributed by atoms with E-state index in [0.717, 1.165) is 23.5 Å². The van der Waals surface area contributed by atoms with Gasteiger partial charge in [0.1, 0.15) is 10.6 Å². The van der Waals surface area contributed by atoms with E-state index in [2.05, 4.69) is 21.9 Å². The van der Waals surface area contributed by atoms with Crippen molar-refractivity contribution < 1.29 is 4.79 Å². The van der Waals surface area contributed by atoms with Crippen molar-refractivity contribution in [3.8, 4) is 0 Å². The first-order chi connectivity index (χ1) is 10.1. The molecule has 5 heteroatoms. The van der Waals surface area contributed by atoms with Gasteiger partial charge in [-0.25, -0.2) is 9.97 Å².